The minimum absolute atomic E-state index is 0.145. The number of unbranched alkanes of at least 4 members (excludes halogenated alkanes) is 31. The van der Waals surface area contributed by atoms with Crippen LogP contribution in [-0.4, -0.2) is 82.3 Å². The molecule has 0 saturated heterocycles. The van der Waals surface area contributed by atoms with Crippen molar-refractivity contribution >= 4 is 17.9 Å². The molecule has 0 fully saturated rings. The van der Waals surface area contributed by atoms with Crippen molar-refractivity contribution in [2.75, 3.05) is 47.5 Å². The summed E-state index contributed by atoms with van der Waals surface area (Å²) in [6, 6.07) is 0. The lowest BCUT2D eigenvalue weighted by Crippen LogP contribution is -2.44. The molecule has 0 aromatic rings. The van der Waals surface area contributed by atoms with E-state index in [-0.39, 0.29) is 32.2 Å². The second-order valence-electron chi connectivity index (χ2n) is 20.2. The Morgan fingerprint density at radius 3 is 1.27 bits per heavy atom. The molecular formula is C58H107NO8. The van der Waals surface area contributed by atoms with Crippen molar-refractivity contribution in [3.63, 3.8) is 0 Å². The summed E-state index contributed by atoms with van der Waals surface area (Å²) in [5.74, 6) is -2.29. The Hall–Kier alpha value is -2.49. The Morgan fingerprint density at radius 1 is 0.463 bits per heavy atom. The van der Waals surface area contributed by atoms with Gasteiger partial charge in [0, 0.05) is 12.8 Å². The summed E-state index contributed by atoms with van der Waals surface area (Å²) < 4.78 is 22.6. The number of ether oxygens (including phenoxy) is 4. The molecule has 0 aliphatic rings. The number of rotatable bonds is 52. The summed E-state index contributed by atoms with van der Waals surface area (Å²) >= 11 is 0. The van der Waals surface area contributed by atoms with E-state index in [9.17, 15) is 19.5 Å². The average molecular weight is 946 g/mol. The highest BCUT2D eigenvalue weighted by atomic mass is 16.7. The van der Waals surface area contributed by atoms with Crippen LogP contribution in [0.3, 0.4) is 0 Å². The number of carbonyl (C=O) groups is 3. The molecule has 67 heavy (non-hydrogen) atoms. The standard InChI is InChI=1S/C58H107NO8/c1-6-8-10-12-14-16-18-20-22-23-24-25-26-27-28-29-30-31-32-33-35-36-38-40-42-44-46-48-55(60)65-52-54(53-66-58(57(62)63)64-51-50-59(3,4)5)67-56(61)49-47-45-43-41-39-37-34-21-19-17-15-13-11-9-7-2/h9,11,15,17,21,34,54,58H,6-8,10,12-14,16,18-20,22-33,35-53H2,1-5H3/b11-9-,17-15-,34-21-. The maximum absolute atomic E-state index is 12.8. The lowest BCUT2D eigenvalue weighted by molar-refractivity contribution is -0.870. The molecule has 2 unspecified atom stereocenters. The number of quaternary nitrogens is 1. The molecule has 0 N–H and O–H groups in total. The molecule has 0 saturated carbocycles. The fourth-order valence-electron chi connectivity index (χ4n) is 8.08. The van der Waals surface area contributed by atoms with Crippen LogP contribution in [0.5, 0.6) is 0 Å². The van der Waals surface area contributed by atoms with Gasteiger partial charge in [-0.2, -0.15) is 0 Å². The second-order valence-corrected chi connectivity index (χ2v) is 20.2. The van der Waals surface area contributed by atoms with E-state index in [0.29, 0.717) is 23.9 Å². The van der Waals surface area contributed by atoms with Gasteiger partial charge in [-0.15, -0.1) is 0 Å². The zero-order valence-corrected chi connectivity index (χ0v) is 44.5. The van der Waals surface area contributed by atoms with E-state index in [1.165, 1.54) is 154 Å². The highest BCUT2D eigenvalue weighted by molar-refractivity contribution is 5.70. The molecule has 0 aromatic carbocycles. The maximum atomic E-state index is 12.8. The predicted octanol–water partition coefficient (Wildman–Crippen LogP) is 14.8. The first-order chi connectivity index (χ1) is 32.6. The summed E-state index contributed by atoms with van der Waals surface area (Å²) in [5, 5.41) is 11.7. The van der Waals surface area contributed by atoms with Crippen molar-refractivity contribution in [3.05, 3.63) is 36.5 Å². The molecular weight excluding hydrogens is 839 g/mol. The SMILES string of the molecule is CC/C=C\C/C=C\C/C=C\CCCCCCCC(=O)OC(COC(=O)CCCCCCCCCCCCCCCCCCCCCCCCCCCCC)COC(OCC[N+](C)(C)C)C(=O)[O-]. The van der Waals surface area contributed by atoms with Crippen LogP contribution in [0.2, 0.25) is 0 Å². The van der Waals surface area contributed by atoms with Gasteiger partial charge >= 0.3 is 11.9 Å². The first-order valence-corrected chi connectivity index (χ1v) is 28.1. The Morgan fingerprint density at radius 2 is 0.851 bits per heavy atom. The first kappa shape index (κ1) is 64.5. The van der Waals surface area contributed by atoms with Gasteiger partial charge in [-0.1, -0.05) is 237 Å². The average Bonchev–Trinajstić information content (AvgIpc) is 3.29. The minimum Gasteiger partial charge on any atom is -0.545 e. The van der Waals surface area contributed by atoms with Crippen LogP contribution in [-0.2, 0) is 33.3 Å². The van der Waals surface area contributed by atoms with Crippen molar-refractivity contribution in [1.82, 2.24) is 0 Å². The summed E-state index contributed by atoms with van der Waals surface area (Å²) in [7, 11) is 5.91. The van der Waals surface area contributed by atoms with Gasteiger partial charge < -0.3 is 33.3 Å². The lowest BCUT2D eigenvalue weighted by atomic mass is 10.0. The van der Waals surface area contributed by atoms with E-state index in [1.54, 1.807) is 0 Å². The molecule has 0 aliphatic heterocycles. The van der Waals surface area contributed by atoms with Crippen molar-refractivity contribution in [2.24, 2.45) is 0 Å². The second kappa shape index (κ2) is 49.9. The fraction of sp³-hybridized carbons (Fsp3) is 0.845. The van der Waals surface area contributed by atoms with E-state index in [4.69, 9.17) is 18.9 Å². The number of carboxylic acid groups (broad SMARTS) is 1. The lowest BCUT2D eigenvalue weighted by Gasteiger charge is -2.26. The third-order valence-electron chi connectivity index (χ3n) is 12.4. The van der Waals surface area contributed by atoms with Gasteiger partial charge in [0.25, 0.3) is 0 Å². The van der Waals surface area contributed by atoms with Crippen LogP contribution < -0.4 is 5.11 Å². The molecule has 0 aliphatic carbocycles. The molecule has 0 radical (unpaired) electrons. The van der Waals surface area contributed by atoms with Crippen LogP contribution >= 0.6 is 0 Å². The molecule has 0 rings (SSSR count). The molecule has 392 valence electrons. The van der Waals surface area contributed by atoms with Crippen molar-refractivity contribution in [3.8, 4) is 0 Å². The van der Waals surface area contributed by atoms with Crippen LogP contribution in [0.1, 0.15) is 258 Å². The zero-order chi connectivity index (χ0) is 49.2. The highest BCUT2D eigenvalue weighted by Crippen LogP contribution is 2.17. The smallest absolute Gasteiger partial charge is 0.306 e. The van der Waals surface area contributed by atoms with Crippen molar-refractivity contribution in [2.45, 2.75) is 270 Å². The van der Waals surface area contributed by atoms with Gasteiger partial charge in [0.1, 0.15) is 13.2 Å². The van der Waals surface area contributed by atoms with Gasteiger partial charge in [0.2, 0.25) is 0 Å². The molecule has 9 nitrogen and oxygen atoms in total. The quantitative estimate of drug-likeness (QED) is 0.0195. The van der Waals surface area contributed by atoms with Crippen LogP contribution in [0.15, 0.2) is 36.5 Å². The molecule has 0 amide bonds. The van der Waals surface area contributed by atoms with E-state index in [1.807, 2.05) is 21.1 Å². The topological polar surface area (TPSA) is 111 Å². The van der Waals surface area contributed by atoms with Crippen molar-refractivity contribution in [1.29, 1.82) is 0 Å². The van der Waals surface area contributed by atoms with Crippen LogP contribution in [0.25, 0.3) is 0 Å². The summed E-state index contributed by atoms with van der Waals surface area (Å²) in [6.45, 7) is 4.64. The number of likely N-dealkylation sites (N-methyl/N-ethyl adjacent to an activating group) is 1. The third-order valence-corrected chi connectivity index (χ3v) is 12.4. The summed E-state index contributed by atoms with van der Waals surface area (Å²) in [6.07, 6.45) is 56.3. The number of aliphatic carboxylic acids is 1. The molecule has 9 heteroatoms. The Bertz CT molecular complexity index is 1190. The van der Waals surface area contributed by atoms with Gasteiger partial charge in [-0.3, -0.25) is 9.59 Å². The number of hydrogen-bond acceptors (Lipinski definition) is 8. The Labute approximate surface area is 413 Å². The number of allylic oxidation sites excluding steroid dienone is 6. The fourth-order valence-corrected chi connectivity index (χ4v) is 8.08. The van der Waals surface area contributed by atoms with E-state index >= 15 is 0 Å². The Kier molecular flexibility index (Phi) is 48.1. The van der Waals surface area contributed by atoms with Crippen LogP contribution in [0, 0.1) is 0 Å². The normalized spacial score (nSPS) is 13.0. The number of hydrogen-bond donors (Lipinski definition) is 0. The third kappa shape index (κ3) is 51.2. The summed E-state index contributed by atoms with van der Waals surface area (Å²) in [5.41, 5.74) is 0. The van der Waals surface area contributed by atoms with Gasteiger partial charge in [-0.25, -0.2) is 0 Å². The number of carboxylic acids is 1. The predicted molar refractivity (Wildman–Crippen MR) is 279 cm³/mol. The van der Waals surface area contributed by atoms with Crippen molar-refractivity contribution < 1.29 is 42.9 Å². The number of nitrogens with zero attached hydrogens (tertiary/aromatic N) is 1. The van der Waals surface area contributed by atoms with Crippen LogP contribution in [0.4, 0.5) is 0 Å². The van der Waals surface area contributed by atoms with Gasteiger partial charge in [-0.05, 0) is 44.9 Å². The largest absolute Gasteiger partial charge is 0.545 e. The molecule has 0 spiro atoms. The zero-order valence-electron chi connectivity index (χ0n) is 44.5. The first-order valence-electron chi connectivity index (χ1n) is 28.1. The highest BCUT2D eigenvalue weighted by Gasteiger charge is 2.22. The van der Waals surface area contributed by atoms with E-state index in [0.717, 1.165) is 70.6 Å². The molecule has 0 heterocycles. The maximum Gasteiger partial charge on any atom is 0.306 e. The minimum atomic E-state index is -1.62. The van der Waals surface area contributed by atoms with E-state index < -0.39 is 24.3 Å². The number of carbonyl (C=O) groups excluding carboxylic acids is 3. The van der Waals surface area contributed by atoms with Gasteiger partial charge in [0.05, 0.1) is 40.3 Å². The molecule has 0 bridgehead atoms. The molecule has 2 atom stereocenters. The van der Waals surface area contributed by atoms with E-state index in [2.05, 4.69) is 50.3 Å². The summed E-state index contributed by atoms with van der Waals surface area (Å²) in [4.78, 5) is 37.2. The molecule has 0 aromatic heterocycles. The Balaban J connectivity index is 4.15. The monoisotopic (exact) mass is 946 g/mol. The van der Waals surface area contributed by atoms with Gasteiger partial charge in [0.15, 0.2) is 12.4 Å². The number of esters is 2.